The first-order valence-corrected chi connectivity index (χ1v) is 8.45. The number of hydrogen-bond donors (Lipinski definition) is 2. The van der Waals surface area contributed by atoms with E-state index in [1.165, 1.54) is 0 Å². The summed E-state index contributed by atoms with van der Waals surface area (Å²) in [6.07, 6.45) is 1.75. The molecule has 0 bridgehead atoms. The number of rotatable bonds is 5. The minimum Gasteiger partial charge on any atom is -0.457 e. The number of nitrogens with one attached hydrogen (secondary N) is 1. The van der Waals surface area contributed by atoms with Crippen molar-refractivity contribution in [3.63, 3.8) is 0 Å². The minimum absolute atomic E-state index is 0.368. The molecular formula is C21H17N3O3. The SMILES string of the molecule is O=C(NO)c1ccc2cnn(Cc3cccc(Oc4ccccc4)c3)c2c1. The monoisotopic (exact) mass is 359 g/mol. The number of aromatic nitrogens is 2. The number of amides is 1. The lowest BCUT2D eigenvalue weighted by Gasteiger charge is -2.09. The standard InChI is InChI=1S/C21H17N3O3/c25-21(23-26)16-9-10-17-13-22-24(20(17)12-16)14-15-5-4-8-19(11-15)27-18-6-2-1-3-7-18/h1-13,26H,14H2,(H,23,25). The van der Waals surface area contributed by atoms with Crippen LogP contribution in [0.25, 0.3) is 10.9 Å². The van der Waals surface area contributed by atoms with Crippen molar-refractivity contribution in [2.45, 2.75) is 6.54 Å². The summed E-state index contributed by atoms with van der Waals surface area (Å²) >= 11 is 0. The molecule has 0 atom stereocenters. The molecule has 0 aliphatic carbocycles. The third-order valence-corrected chi connectivity index (χ3v) is 4.22. The van der Waals surface area contributed by atoms with E-state index >= 15 is 0 Å². The van der Waals surface area contributed by atoms with Crippen molar-refractivity contribution in [1.82, 2.24) is 15.3 Å². The van der Waals surface area contributed by atoms with Gasteiger partial charge in [0.2, 0.25) is 0 Å². The summed E-state index contributed by atoms with van der Waals surface area (Å²) in [5.41, 5.74) is 3.85. The van der Waals surface area contributed by atoms with Crippen molar-refractivity contribution in [2.75, 3.05) is 0 Å². The van der Waals surface area contributed by atoms with Crippen LogP contribution >= 0.6 is 0 Å². The highest BCUT2D eigenvalue weighted by molar-refractivity contribution is 5.97. The quantitative estimate of drug-likeness (QED) is 0.417. The molecule has 6 heteroatoms. The van der Waals surface area contributed by atoms with E-state index in [0.29, 0.717) is 12.1 Å². The molecule has 0 spiro atoms. The maximum Gasteiger partial charge on any atom is 0.274 e. The Morgan fingerprint density at radius 1 is 1.00 bits per heavy atom. The second-order valence-electron chi connectivity index (χ2n) is 6.08. The van der Waals surface area contributed by atoms with E-state index in [4.69, 9.17) is 9.94 Å². The third kappa shape index (κ3) is 3.65. The molecule has 6 nitrogen and oxygen atoms in total. The molecule has 1 amide bonds. The van der Waals surface area contributed by atoms with Crippen molar-refractivity contribution in [3.05, 3.63) is 90.1 Å². The van der Waals surface area contributed by atoms with Crippen LogP contribution in [0, 0.1) is 0 Å². The largest absolute Gasteiger partial charge is 0.457 e. The summed E-state index contributed by atoms with van der Waals surface area (Å²) < 4.78 is 7.69. The number of benzene rings is 3. The normalized spacial score (nSPS) is 10.7. The van der Waals surface area contributed by atoms with Gasteiger partial charge in [-0.05, 0) is 42.0 Å². The van der Waals surface area contributed by atoms with E-state index in [1.807, 2.05) is 59.3 Å². The Balaban J connectivity index is 1.60. The highest BCUT2D eigenvalue weighted by Crippen LogP contribution is 2.23. The number of hydrogen-bond acceptors (Lipinski definition) is 4. The summed E-state index contributed by atoms with van der Waals surface area (Å²) in [4.78, 5) is 11.7. The number of carbonyl (C=O) groups excluding carboxylic acids is 1. The number of nitrogens with zero attached hydrogens (tertiary/aromatic N) is 2. The van der Waals surface area contributed by atoms with Crippen molar-refractivity contribution in [1.29, 1.82) is 0 Å². The Kier molecular flexibility index (Phi) is 4.55. The van der Waals surface area contributed by atoms with Gasteiger partial charge < -0.3 is 4.74 Å². The second kappa shape index (κ2) is 7.31. The van der Waals surface area contributed by atoms with E-state index in [1.54, 1.807) is 29.9 Å². The lowest BCUT2D eigenvalue weighted by molar-refractivity contribution is 0.0706. The van der Waals surface area contributed by atoms with Gasteiger partial charge in [-0.2, -0.15) is 5.10 Å². The molecule has 134 valence electrons. The van der Waals surface area contributed by atoms with Crippen LogP contribution in [0.4, 0.5) is 0 Å². The van der Waals surface area contributed by atoms with Gasteiger partial charge in [-0.1, -0.05) is 36.4 Å². The van der Waals surface area contributed by atoms with Gasteiger partial charge in [-0.15, -0.1) is 0 Å². The van der Waals surface area contributed by atoms with E-state index in [-0.39, 0.29) is 0 Å². The molecule has 4 rings (SSSR count). The van der Waals surface area contributed by atoms with Gasteiger partial charge >= 0.3 is 0 Å². The Bertz CT molecular complexity index is 1090. The smallest absolute Gasteiger partial charge is 0.274 e. The summed E-state index contributed by atoms with van der Waals surface area (Å²) in [5.74, 6) is 0.970. The van der Waals surface area contributed by atoms with Crippen LogP contribution in [0.15, 0.2) is 79.0 Å². The molecule has 1 aromatic heterocycles. The Morgan fingerprint density at radius 2 is 1.81 bits per heavy atom. The molecule has 4 aromatic rings. The van der Waals surface area contributed by atoms with Gasteiger partial charge in [-0.25, -0.2) is 5.48 Å². The highest BCUT2D eigenvalue weighted by Gasteiger charge is 2.09. The number of hydroxylamine groups is 1. The number of ether oxygens (including phenoxy) is 1. The van der Waals surface area contributed by atoms with Gasteiger partial charge in [0, 0.05) is 10.9 Å². The predicted octanol–water partition coefficient (Wildman–Crippen LogP) is 4.00. The lowest BCUT2D eigenvalue weighted by atomic mass is 10.1. The van der Waals surface area contributed by atoms with Crippen molar-refractivity contribution < 1.29 is 14.7 Å². The zero-order valence-electron chi connectivity index (χ0n) is 14.4. The maximum absolute atomic E-state index is 11.7. The van der Waals surface area contributed by atoms with Crippen LogP contribution in [0.3, 0.4) is 0 Å². The molecule has 0 saturated carbocycles. The van der Waals surface area contributed by atoms with Crippen LogP contribution in [-0.4, -0.2) is 20.9 Å². The summed E-state index contributed by atoms with van der Waals surface area (Å²) in [6, 6.07) is 22.6. The molecular weight excluding hydrogens is 342 g/mol. The fourth-order valence-corrected chi connectivity index (χ4v) is 2.91. The molecule has 0 radical (unpaired) electrons. The zero-order chi connectivity index (χ0) is 18.6. The van der Waals surface area contributed by atoms with Crippen LogP contribution in [-0.2, 0) is 6.54 Å². The third-order valence-electron chi connectivity index (χ3n) is 4.22. The molecule has 3 aromatic carbocycles. The minimum atomic E-state index is -0.553. The van der Waals surface area contributed by atoms with E-state index < -0.39 is 5.91 Å². The lowest BCUT2D eigenvalue weighted by Crippen LogP contribution is -2.18. The average molecular weight is 359 g/mol. The molecule has 2 N–H and O–H groups in total. The number of para-hydroxylation sites is 1. The Labute approximate surface area is 155 Å². The first-order chi connectivity index (χ1) is 13.2. The fraction of sp³-hybridized carbons (Fsp3) is 0.0476. The molecule has 27 heavy (non-hydrogen) atoms. The molecule has 1 heterocycles. The van der Waals surface area contributed by atoms with Crippen molar-refractivity contribution >= 4 is 16.8 Å². The van der Waals surface area contributed by atoms with Gasteiger partial charge in [0.1, 0.15) is 11.5 Å². The topological polar surface area (TPSA) is 76.4 Å². The highest BCUT2D eigenvalue weighted by atomic mass is 16.5. The van der Waals surface area contributed by atoms with Crippen LogP contribution in [0.1, 0.15) is 15.9 Å². The maximum atomic E-state index is 11.7. The van der Waals surface area contributed by atoms with Gasteiger partial charge in [0.05, 0.1) is 18.3 Å². The molecule has 0 aliphatic heterocycles. The summed E-state index contributed by atoms with van der Waals surface area (Å²) in [6.45, 7) is 0.527. The van der Waals surface area contributed by atoms with E-state index in [0.717, 1.165) is 28.0 Å². The van der Waals surface area contributed by atoms with E-state index in [2.05, 4.69) is 5.10 Å². The second-order valence-corrected chi connectivity index (χ2v) is 6.08. The Morgan fingerprint density at radius 3 is 2.63 bits per heavy atom. The van der Waals surface area contributed by atoms with Crippen molar-refractivity contribution in [3.8, 4) is 11.5 Å². The zero-order valence-corrected chi connectivity index (χ0v) is 14.4. The molecule has 0 fully saturated rings. The Hall–Kier alpha value is -3.64. The van der Waals surface area contributed by atoms with Crippen LogP contribution in [0.5, 0.6) is 11.5 Å². The number of carbonyl (C=O) groups is 1. The first kappa shape index (κ1) is 16.8. The van der Waals surface area contributed by atoms with Crippen molar-refractivity contribution in [2.24, 2.45) is 0 Å². The molecule has 0 aliphatic rings. The fourth-order valence-electron chi connectivity index (χ4n) is 2.91. The van der Waals surface area contributed by atoms with Crippen LogP contribution in [0.2, 0.25) is 0 Å². The predicted molar refractivity (Wildman–Crippen MR) is 101 cm³/mol. The van der Waals surface area contributed by atoms with Gasteiger partial charge in [0.15, 0.2) is 0 Å². The number of fused-ring (bicyclic) bond motifs is 1. The van der Waals surface area contributed by atoms with Gasteiger partial charge in [-0.3, -0.25) is 14.7 Å². The van der Waals surface area contributed by atoms with Gasteiger partial charge in [0.25, 0.3) is 5.91 Å². The summed E-state index contributed by atoms with van der Waals surface area (Å²) in [5, 5.41) is 14.2. The van der Waals surface area contributed by atoms with E-state index in [9.17, 15) is 4.79 Å². The van der Waals surface area contributed by atoms with Crippen LogP contribution < -0.4 is 10.2 Å². The molecule has 0 unspecified atom stereocenters. The first-order valence-electron chi connectivity index (χ1n) is 8.45. The molecule has 0 saturated heterocycles. The summed E-state index contributed by atoms with van der Waals surface area (Å²) in [7, 11) is 0. The average Bonchev–Trinajstić information content (AvgIpc) is 3.10.